The summed E-state index contributed by atoms with van der Waals surface area (Å²) in [7, 11) is -2.69. The first-order valence-electron chi connectivity index (χ1n) is 11.2. The molecule has 0 aliphatic heterocycles. The SMILES string of the molecule is CCCCCCO[Si](OCC1CCCCC1)(c1ccccc1)c1ccccc1. The van der Waals surface area contributed by atoms with E-state index in [2.05, 4.69) is 67.6 Å². The van der Waals surface area contributed by atoms with Crippen LogP contribution in [0.5, 0.6) is 0 Å². The van der Waals surface area contributed by atoms with Crippen LogP contribution in [0, 0.1) is 5.92 Å². The first-order valence-corrected chi connectivity index (χ1v) is 13.1. The molecule has 0 aromatic heterocycles. The molecule has 28 heavy (non-hydrogen) atoms. The van der Waals surface area contributed by atoms with E-state index < -0.39 is 8.56 Å². The van der Waals surface area contributed by atoms with Crippen molar-refractivity contribution in [3.63, 3.8) is 0 Å². The lowest BCUT2D eigenvalue weighted by Crippen LogP contribution is -2.64. The van der Waals surface area contributed by atoms with Gasteiger partial charge in [0.2, 0.25) is 0 Å². The van der Waals surface area contributed by atoms with Crippen molar-refractivity contribution in [1.29, 1.82) is 0 Å². The fraction of sp³-hybridized carbons (Fsp3) is 0.520. The molecule has 0 saturated heterocycles. The van der Waals surface area contributed by atoms with Gasteiger partial charge in [0.05, 0.1) is 0 Å². The minimum Gasteiger partial charge on any atom is -0.388 e. The highest BCUT2D eigenvalue weighted by molar-refractivity contribution is 6.92. The number of rotatable bonds is 11. The third-order valence-electron chi connectivity index (χ3n) is 5.86. The van der Waals surface area contributed by atoms with Crippen LogP contribution in [0.4, 0.5) is 0 Å². The van der Waals surface area contributed by atoms with Crippen LogP contribution in [0.15, 0.2) is 60.7 Å². The second-order valence-electron chi connectivity index (χ2n) is 8.07. The maximum absolute atomic E-state index is 6.86. The van der Waals surface area contributed by atoms with Crippen molar-refractivity contribution >= 4 is 18.9 Å². The van der Waals surface area contributed by atoms with Crippen molar-refractivity contribution in [2.45, 2.75) is 64.7 Å². The molecule has 1 fully saturated rings. The molecule has 0 N–H and O–H groups in total. The Bertz CT molecular complexity index is 613. The number of benzene rings is 2. The topological polar surface area (TPSA) is 18.5 Å². The van der Waals surface area contributed by atoms with Crippen molar-refractivity contribution < 1.29 is 8.85 Å². The van der Waals surface area contributed by atoms with Crippen LogP contribution in [-0.2, 0) is 8.85 Å². The summed E-state index contributed by atoms with van der Waals surface area (Å²) >= 11 is 0. The molecule has 2 aromatic rings. The molecular formula is C25H36O2Si. The normalized spacial score (nSPS) is 15.6. The Balaban J connectivity index is 1.84. The lowest BCUT2D eigenvalue weighted by atomic mass is 9.90. The molecule has 0 unspecified atom stereocenters. The maximum atomic E-state index is 6.86. The molecule has 0 radical (unpaired) electrons. The first kappa shape index (κ1) is 21.3. The number of unbranched alkanes of at least 4 members (excludes halogenated alkanes) is 3. The Labute approximate surface area is 172 Å². The average molecular weight is 397 g/mol. The van der Waals surface area contributed by atoms with Gasteiger partial charge >= 0.3 is 8.56 Å². The van der Waals surface area contributed by atoms with E-state index in [-0.39, 0.29) is 0 Å². The zero-order chi connectivity index (χ0) is 19.5. The summed E-state index contributed by atoms with van der Waals surface area (Å²) in [6.07, 6.45) is 11.5. The lowest BCUT2D eigenvalue weighted by Gasteiger charge is -2.34. The Morgan fingerprint density at radius 3 is 1.93 bits per heavy atom. The molecule has 1 aliphatic carbocycles. The minimum atomic E-state index is -2.69. The zero-order valence-electron chi connectivity index (χ0n) is 17.4. The van der Waals surface area contributed by atoms with Crippen LogP contribution in [-0.4, -0.2) is 21.8 Å². The van der Waals surface area contributed by atoms with E-state index in [0.29, 0.717) is 5.92 Å². The molecular weight excluding hydrogens is 360 g/mol. The molecule has 2 aromatic carbocycles. The Hall–Kier alpha value is -1.42. The van der Waals surface area contributed by atoms with Crippen molar-refractivity contribution in [2.75, 3.05) is 13.2 Å². The largest absolute Gasteiger partial charge is 0.407 e. The Morgan fingerprint density at radius 2 is 1.36 bits per heavy atom. The van der Waals surface area contributed by atoms with Crippen LogP contribution in [0.2, 0.25) is 0 Å². The van der Waals surface area contributed by atoms with Gasteiger partial charge in [-0.1, -0.05) is 106 Å². The predicted molar refractivity (Wildman–Crippen MR) is 121 cm³/mol. The van der Waals surface area contributed by atoms with Gasteiger partial charge in [0, 0.05) is 13.2 Å². The Kier molecular flexibility index (Phi) is 8.78. The van der Waals surface area contributed by atoms with Crippen molar-refractivity contribution in [1.82, 2.24) is 0 Å². The van der Waals surface area contributed by atoms with Crippen LogP contribution >= 0.6 is 0 Å². The van der Waals surface area contributed by atoms with Crippen molar-refractivity contribution in [3.8, 4) is 0 Å². The van der Waals surface area contributed by atoms with Crippen LogP contribution in [0.3, 0.4) is 0 Å². The molecule has 0 heterocycles. The summed E-state index contributed by atoms with van der Waals surface area (Å²) in [5.41, 5.74) is 0. The number of hydrogen-bond acceptors (Lipinski definition) is 2. The van der Waals surface area contributed by atoms with Gasteiger partial charge in [0.25, 0.3) is 0 Å². The van der Waals surface area contributed by atoms with E-state index in [1.165, 1.54) is 61.7 Å². The molecule has 2 nitrogen and oxygen atoms in total. The van der Waals surface area contributed by atoms with E-state index >= 15 is 0 Å². The molecule has 0 bridgehead atoms. The smallest absolute Gasteiger partial charge is 0.388 e. The standard InChI is InChI=1S/C25H36O2Si/c1-2-3-4-14-21-26-28(24-17-10-6-11-18-24,25-19-12-7-13-20-25)27-22-23-15-8-5-9-16-23/h6-7,10-13,17-20,23H,2-5,8-9,14-16,21-22H2,1H3. The van der Waals surface area contributed by atoms with Gasteiger partial charge in [-0.25, -0.2) is 0 Å². The summed E-state index contributed by atoms with van der Waals surface area (Å²) in [6, 6.07) is 21.4. The average Bonchev–Trinajstić information content (AvgIpc) is 2.78. The molecule has 152 valence electrons. The molecule has 1 aliphatic rings. The van der Waals surface area contributed by atoms with Gasteiger partial charge in [-0.3, -0.25) is 0 Å². The highest BCUT2D eigenvalue weighted by atomic mass is 28.4. The second kappa shape index (κ2) is 11.5. The van der Waals surface area contributed by atoms with Gasteiger partial charge in [-0.15, -0.1) is 0 Å². The highest BCUT2D eigenvalue weighted by Crippen LogP contribution is 2.25. The predicted octanol–water partition coefficient (Wildman–Crippen LogP) is 5.44. The van der Waals surface area contributed by atoms with Gasteiger partial charge in [0.15, 0.2) is 0 Å². The summed E-state index contributed by atoms with van der Waals surface area (Å²) in [4.78, 5) is 0. The lowest BCUT2D eigenvalue weighted by molar-refractivity contribution is 0.146. The van der Waals surface area contributed by atoms with E-state index in [9.17, 15) is 0 Å². The van der Waals surface area contributed by atoms with Crippen LogP contribution in [0.25, 0.3) is 0 Å². The van der Waals surface area contributed by atoms with E-state index in [0.717, 1.165) is 19.6 Å². The van der Waals surface area contributed by atoms with E-state index in [1.807, 2.05) is 0 Å². The summed E-state index contributed by atoms with van der Waals surface area (Å²) in [6.45, 7) is 3.85. The monoisotopic (exact) mass is 396 g/mol. The zero-order valence-corrected chi connectivity index (χ0v) is 18.4. The molecule has 0 spiro atoms. The Morgan fingerprint density at radius 1 is 0.750 bits per heavy atom. The van der Waals surface area contributed by atoms with Gasteiger partial charge in [0.1, 0.15) is 0 Å². The second-order valence-corrected chi connectivity index (χ2v) is 11.0. The van der Waals surface area contributed by atoms with Gasteiger partial charge < -0.3 is 8.85 Å². The van der Waals surface area contributed by atoms with E-state index in [4.69, 9.17) is 8.85 Å². The third-order valence-corrected chi connectivity index (χ3v) is 9.23. The molecule has 3 heteroatoms. The fourth-order valence-corrected chi connectivity index (χ4v) is 7.44. The third kappa shape index (κ3) is 5.79. The molecule has 1 saturated carbocycles. The molecule has 0 atom stereocenters. The van der Waals surface area contributed by atoms with E-state index in [1.54, 1.807) is 0 Å². The van der Waals surface area contributed by atoms with Gasteiger partial charge in [-0.05, 0) is 35.6 Å². The quantitative estimate of drug-likeness (QED) is 0.372. The van der Waals surface area contributed by atoms with Crippen molar-refractivity contribution in [3.05, 3.63) is 60.7 Å². The fourth-order valence-electron chi connectivity index (χ4n) is 4.19. The van der Waals surface area contributed by atoms with Crippen LogP contribution < -0.4 is 10.4 Å². The first-order chi connectivity index (χ1) is 13.8. The van der Waals surface area contributed by atoms with Crippen molar-refractivity contribution in [2.24, 2.45) is 5.92 Å². The molecule has 0 amide bonds. The van der Waals surface area contributed by atoms with Gasteiger partial charge in [-0.2, -0.15) is 0 Å². The number of hydrogen-bond donors (Lipinski definition) is 0. The summed E-state index contributed by atoms with van der Waals surface area (Å²) < 4.78 is 13.6. The maximum Gasteiger partial charge on any atom is 0.407 e. The molecule has 3 rings (SSSR count). The highest BCUT2D eigenvalue weighted by Gasteiger charge is 2.43. The summed E-state index contributed by atoms with van der Waals surface area (Å²) in [5, 5.41) is 2.46. The summed E-state index contributed by atoms with van der Waals surface area (Å²) in [5.74, 6) is 0.678. The minimum absolute atomic E-state index is 0.678. The van der Waals surface area contributed by atoms with Crippen LogP contribution in [0.1, 0.15) is 64.7 Å².